The van der Waals surface area contributed by atoms with Crippen molar-refractivity contribution in [3.63, 3.8) is 0 Å². The molecule has 0 aliphatic carbocycles. The van der Waals surface area contributed by atoms with Crippen molar-refractivity contribution in [2.24, 2.45) is 0 Å². The van der Waals surface area contributed by atoms with Gasteiger partial charge in [-0.05, 0) is 43.9 Å². The molecule has 2 unspecified atom stereocenters. The highest BCUT2D eigenvalue weighted by atomic mass is 35.5. The van der Waals surface area contributed by atoms with Gasteiger partial charge in [0.2, 0.25) is 10.0 Å². The van der Waals surface area contributed by atoms with Crippen LogP contribution < -0.4 is 5.32 Å². The minimum Gasteiger partial charge on any atom is -0.310 e. The van der Waals surface area contributed by atoms with Gasteiger partial charge in [-0.25, -0.2) is 8.42 Å². The van der Waals surface area contributed by atoms with Crippen molar-refractivity contribution in [2.75, 3.05) is 13.1 Å². The molecular formula is C14H19ClN2O2S. The molecule has 0 spiro atoms. The summed E-state index contributed by atoms with van der Waals surface area (Å²) in [4.78, 5) is 0.297. The molecule has 2 heterocycles. The van der Waals surface area contributed by atoms with E-state index in [9.17, 15) is 8.42 Å². The van der Waals surface area contributed by atoms with E-state index in [0.717, 1.165) is 24.8 Å². The Labute approximate surface area is 125 Å². The van der Waals surface area contributed by atoms with Crippen LogP contribution in [0.25, 0.3) is 0 Å². The first-order chi connectivity index (χ1) is 9.46. The third kappa shape index (κ3) is 2.60. The van der Waals surface area contributed by atoms with Crippen molar-refractivity contribution < 1.29 is 8.42 Å². The van der Waals surface area contributed by atoms with Crippen LogP contribution in [0.4, 0.5) is 0 Å². The average molecular weight is 315 g/mol. The second-order valence-electron chi connectivity index (χ2n) is 5.70. The lowest BCUT2D eigenvalue weighted by atomic mass is 10.1. The lowest BCUT2D eigenvalue weighted by molar-refractivity contribution is 0.383. The summed E-state index contributed by atoms with van der Waals surface area (Å²) < 4.78 is 27.0. The molecule has 2 atom stereocenters. The largest absolute Gasteiger partial charge is 0.310 e. The monoisotopic (exact) mass is 314 g/mol. The SMILES string of the molecule is Cc1ccc(S(=O)(=O)N2CCC3CCC(C2)N3)cc1Cl. The van der Waals surface area contributed by atoms with Crippen LogP contribution in [0.5, 0.6) is 0 Å². The highest BCUT2D eigenvalue weighted by molar-refractivity contribution is 7.89. The Kier molecular flexibility index (Phi) is 3.79. The molecule has 20 heavy (non-hydrogen) atoms. The van der Waals surface area contributed by atoms with Crippen LogP contribution >= 0.6 is 11.6 Å². The van der Waals surface area contributed by atoms with Crippen molar-refractivity contribution in [1.82, 2.24) is 9.62 Å². The van der Waals surface area contributed by atoms with Gasteiger partial charge in [-0.1, -0.05) is 17.7 Å². The fourth-order valence-electron chi connectivity index (χ4n) is 3.01. The van der Waals surface area contributed by atoms with Crippen molar-refractivity contribution in [2.45, 2.75) is 43.2 Å². The van der Waals surface area contributed by atoms with Crippen LogP contribution in [0.2, 0.25) is 5.02 Å². The predicted molar refractivity (Wildman–Crippen MR) is 79.5 cm³/mol. The van der Waals surface area contributed by atoms with Gasteiger partial charge in [0.25, 0.3) is 0 Å². The lowest BCUT2D eigenvalue weighted by Gasteiger charge is -2.23. The number of hydrogen-bond donors (Lipinski definition) is 1. The molecule has 1 N–H and O–H groups in total. The van der Waals surface area contributed by atoms with Crippen LogP contribution in [0.1, 0.15) is 24.8 Å². The van der Waals surface area contributed by atoms with Gasteiger partial charge in [0, 0.05) is 30.2 Å². The van der Waals surface area contributed by atoms with Crippen LogP contribution in [0.3, 0.4) is 0 Å². The zero-order valence-electron chi connectivity index (χ0n) is 11.5. The van der Waals surface area contributed by atoms with Crippen molar-refractivity contribution >= 4 is 21.6 Å². The third-order valence-electron chi connectivity index (χ3n) is 4.27. The zero-order valence-corrected chi connectivity index (χ0v) is 13.0. The number of hydrogen-bond acceptors (Lipinski definition) is 3. The normalized spacial score (nSPS) is 27.5. The standard InChI is InChI=1S/C14H19ClN2O2S/c1-10-2-5-13(8-14(10)15)20(18,19)17-7-6-11-3-4-12(9-17)16-11/h2,5,8,11-12,16H,3-4,6-7,9H2,1H3. The van der Waals surface area contributed by atoms with E-state index in [0.29, 0.717) is 29.0 Å². The summed E-state index contributed by atoms with van der Waals surface area (Å²) in [7, 11) is -3.44. The Morgan fingerprint density at radius 2 is 2.00 bits per heavy atom. The van der Waals surface area contributed by atoms with Gasteiger partial charge >= 0.3 is 0 Å². The van der Waals surface area contributed by atoms with Gasteiger partial charge in [0.15, 0.2) is 0 Å². The molecule has 2 saturated heterocycles. The maximum Gasteiger partial charge on any atom is 0.243 e. The number of aryl methyl sites for hydroxylation is 1. The van der Waals surface area contributed by atoms with Crippen molar-refractivity contribution in [3.05, 3.63) is 28.8 Å². The van der Waals surface area contributed by atoms with E-state index in [4.69, 9.17) is 11.6 Å². The maximum absolute atomic E-state index is 12.7. The molecular weight excluding hydrogens is 296 g/mol. The Morgan fingerprint density at radius 3 is 2.75 bits per heavy atom. The van der Waals surface area contributed by atoms with Crippen molar-refractivity contribution in [3.8, 4) is 0 Å². The molecule has 2 bridgehead atoms. The van der Waals surface area contributed by atoms with E-state index in [2.05, 4.69) is 5.32 Å². The van der Waals surface area contributed by atoms with E-state index in [1.54, 1.807) is 22.5 Å². The molecule has 0 saturated carbocycles. The highest BCUT2D eigenvalue weighted by Gasteiger charge is 2.34. The summed E-state index contributed by atoms with van der Waals surface area (Å²) in [6.07, 6.45) is 3.11. The van der Waals surface area contributed by atoms with Gasteiger partial charge in [-0.15, -0.1) is 0 Å². The molecule has 110 valence electrons. The quantitative estimate of drug-likeness (QED) is 0.910. The average Bonchev–Trinajstić information content (AvgIpc) is 2.71. The molecule has 1 aromatic carbocycles. The maximum atomic E-state index is 12.7. The van der Waals surface area contributed by atoms with Crippen molar-refractivity contribution in [1.29, 1.82) is 0 Å². The van der Waals surface area contributed by atoms with Crippen LogP contribution in [-0.2, 0) is 10.0 Å². The fourth-order valence-corrected chi connectivity index (χ4v) is 4.78. The summed E-state index contributed by atoms with van der Waals surface area (Å²) in [6, 6.07) is 5.73. The van der Waals surface area contributed by atoms with Crippen LogP contribution in [-0.4, -0.2) is 37.9 Å². The first-order valence-corrected chi connectivity index (χ1v) is 8.81. The number of nitrogens with zero attached hydrogens (tertiary/aromatic N) is 1. The summed E-state index contributed by atoms with van der Waals surface area (Å²) in [5.74, 6) is 0. The number of halogens is 1. The van der Waals surface area contributed by atoms with E-state index >= 15 is 0 Å². The van der Waals surface area contributed by atoms with E-state index in [-0.39, 0.29) is 6.04 Å². The molecule has 3 rings (SSSR count). The molecule has 4 nitrogen and oxygen atoms in total. The van der Waals surface area contributed by atoms with E-state index < -0.39 is 10.0 Å². The highest BCUT2D eigenvalue weighted by Crippen LogP contribution is 2.27. The second-order valence-corrected chi connectivity index (χ2v) is 8.05. The summed E-state index contributed by atoms with van der Waals surface area (Å²) >= 11 is 6.06. The Hall–Kier alpha value is -0.620. The number of rotatable bonds is 2. The molecule has 0 amide bonds. The Morgan fingerprint density at radius 1 is 1.25 bits per heavy atom. The Balaban J connectivity index is 1.89. The summed E-state index contributed by atoms with van der Waals surface area (Å²) in [5.41, 5.74) is 0.891. The molecule has 2 aliphatic rings. The lowest BCUT2D eigenvalue weighted by Crippen LogP contribution is -2.39. The molecule has 2 fully saturated rings. The van der Waals surface area contributed by atoms with Gasteiger partial charge in [-0.2, -0.15) is 4.31 Å². The number of fused-ring (bicyclic) bond motifs is 2. The first kappa shape index (κ1) is 14.3. The molecule has 1 aromatic rings. The zero-order chi connectivity index (χ0) is 14.3. The number of sulfonamides is 1. The van der Waals surface area contributed by atoms with Gasteiger partial charge in [0.05, 0.1) is 4.90 Å². The smallest absolute Gasteiger partial charge is 0.243 e. The minimum atomic E-state index is -3.44. The Bertz CT molecular complexity index is 618. The first-order valence-electron chi connectivity index (χ1n) is 6.99. The minimum absolute atomic E-state index is 0.290. The van der Waals surface area contributed by atoms with Crippen LogP contribution in [0.15, 0.2) is 23.1 Å². The summed E-state index contributed by atoms with van der Waals surface area (Å²) in [6.45, 7) is 3.01. The van der Waals surface area contributed by atoms with Crippen LogP contribution in [0, 0.1) is 6.92 Å². The fraction of sp³-hybridized carbons (Fsp3) is 0.571. The number of nitrogens with one attached hydrogen (secondary N) is 1. The third-order valence-corrected chi connectivity index (χ3v) is 6.54. The van der Waals surface area contributed by atoms with E-state index in [1.165, 1.54) is 0 Å². The van der Waals surface area contributed by atoms with Gasteiger partial charge in [-0.3, -0.25) is 0 Å². The second kappa shape index (κ2) is 5.30. The number of benzene rings is 1. The molecule has 6 heteroatoms. The molecule has 0 aromatic heterocycles. The topological polar surface area (TPSA) is 49.4 Å². The van der Waals surface area contributed by atoms with Gasteiger partial charge < -0.3 is 5.32 Å². The summed E-state index contributed by atoms with van der Waals surface area (Å²) in [5, 5.41) is 4.00. The van der Waals surface area contributed by atoms with E-state index in [1.807, 2.05) is 6.92 Å². The molecule has 2 aliphatic heterocycles. The molecule has 0 radical (unpaired) electrons. The predicted octanol–water partition coefficient (Wildman–Crippen LogP) is 2.16. The van der Waals surface area contributed by atoms with Gasteiger partial charge in [0.1, 0.15) is 0 Å².